The maximum atomic E-state index is 4.78. The molecule has 17 heavy (non-hydrogen) atoms. The average Bonchev–Trinajstić information content (AvgIpc) is 2.82. The molecule has 2 aromatic rings. The van der Waals surface area contributed by atoms with Crippen molar-refractivity contribution in [1.29, 1.82) is 0 Å². The number of rotatable bonds is 2. The van der Waals surface area contributed by atoms with Gasteiger partial charge in [-0.2, -0.15) is 0 Å². The molecule has 1 aliphatic heterocycles. The molecule has 0 radical (unpaired) electrons. The largest absolute Gasteiger partial charge is 0.316 e. The first-order valence-corrected chi connectivity index (χ1v) is 8.06. The second kappa shape index (κ2) is 4.96. The van der Waals surface area contributed by atoms with E-state index in [-0.39, 0.29) is 0 Å². The van der Waals surface area contributed by atoms with Gasteiger partial charge >= 0.3 is 0 Å². The maximum absolute atomic E-state index is 4.78. The first-order chi connectivity index (χ1) is 8.36. The van der Waals surface area contributed by atoms with Crippen LogP contribution in [0.1, 0.15) is 23.8 Å². The van der Waals surface area contributed by atoms with E-state index in [4.69, 9.17) is 4.98 Å². The van der Waals surface area contributed by atoms with Crippen molar-refractivity contribution < 1.29 is 0 Å². The Bertz CT molecular complexity index is 515. The minimum absolute atomic E-state index is 0.624. The zero-order chi connectivity index (χ0) is 11.7. The molecule has 0 aliphatic carbocycles. The van der Waals surface area contributed by atoms with E-state index in [1.165, 1.54) is 27.4 Å². The van der Waals surface area contributed by atoms with Crippen LogP contribution in [0.2, 0.25) is 0 Å². The molecule has 0 amide bonds. The Morgan fingerprint density at radius 3 is 3.18 bits per heavy atom. The van der Waals surface area contributed by atoms with Crippen LogP contribution in [-0.2, 0) is 0 Å². The molecule has 0 saturated carbocycles. The topological polar surface area (TPSA) is 24.9 Å². The van der Waals surface area contributed by atoms with Crippen molar-refractivity contribution in [2.45, 2.75) is 23.7 Å². The summed E-state index contributed by atoms with van der Waals surface area (Å²) in [5.41, 5.74) is 1.16. The third-order valence-corrected chi connectivity index (χ3v) is 5.16. The van der Waals surface area contributed by atoms with Crippen LogP contribution in [0.15, 0.2) is 23.1 Å². The Morgan fingerprint density at radius 2 is 2.41 bits per heavy atom. The van der Waals surface area contributed by atoms with Crippen LogP contribution in [0.5, 0.6) is 0 Å². The lowest BCUT2D eigenvalue weighted by atomic mass is 10.0. The second-order valence-corrected chi connectivity index (χ2v) is 6.37. The molecule has 0 spiro atoms. The maximum Gasteiger partial charge on any atom is 0.0982 e. The van der Waals surface area contributed by atoms with E-state index in [0.717, 1.165) is 18.6 Å². The van der Waals surface area contributed by atoms with Crippen LogP contribution < -0.4 is 5.32 Å². The minimum Gasteiger partial charge on any atom is -0.316 e. The molecular weight excluding hydrogens is 248 g/mol. The molecule has 2 heterocycles. The Kier molecular flexibility index (Phi) is 3.36. The minimum atomic E-state index is 0.624. The zero-order valence-electron chi connectivity index (χ0n) is 9.90. The predicted octanol–water partition coefficient (Wildman–Crippen LogP) is 3.49. The van der Waals surface area contributed by atoms with Crippen LogP contribution in [0, 0.1) is 0 Å². The lowest BCUT2D eigenvalue weighted by Crippen LogP contribution is -2.28. The van der Waals surface area contributed by atoms with E-state index in [1.54, 1.807) is 11.8 Å². The molecule has 0 bridgehead atoms. The van der Waals surface area contributed by atoms with Crippen molar-refractivity contribution in [2.24, 2.45) is 0 Å². The Morgan fingerprint density at radius 1 is 1.47 bits per heavy atom. The lowest BCUT2D eigenvalue weighted by Gasteiger charge is -2.20. The number of fused-ring (bicyclic) bond motifs is 1. The molecule has 1 saturated heterocycles. The van der Waals surface area contributed by atoms with Gasteiger partial charge in [-0.15, -0.1) is 23.1 Å². The van der Waals surface area contributed by atoms with Crippen LogP contribution >= 0.6 is 23.1 Å². The molecule has 1 aliphatic rings. The van der Waals surface area contributed by atoms with E-state index < -0.39 is 0 Å². The summed E-state index contributed by atoms with van der Waals surface area (Å²) in [5, 5.41) is 4.77. The van der Waals surface area contributed by atoms with Gasteiger partial charge in [0.1, 0.15) is 0 Å². The summed E-state index contributed by atoms with van der Waals surface area (Å²) in [5.74, 6) is 0.624. The fourth-order valence-electron chi connectivity index (χ4n) is 2.29. The Labute approximate surface area is 110 Å². The normalized spacial score (nSPS) is 20.9. The third kappa shape index (κ3) is 2.34. The Balaban J connectivity index is 1.95. The standard InChI is InChI=1S/C13H16N2S2/c1-16-10-4-5-11-12(7-10)17-13(15-11)9-3-2-6-14-8-9/h4-5,7,9,14H,2-3,6,8H2,1H3. The van der Waals surface area contributed by atoms with E-state index in [0.29, 0.717) is 5.92 Å². The number of nitrogens with one attached hydrogen (secondary N) is 1. The van der Waals surface area contributed by atoms with Crippen LogP contribution in [0.25, 0.3) is 10.2 Å². The van der Waals surface area contributed by atoms with E-state index in [2.05, 4.69) is 29.8 Å². The SMILES string of the molecule is CSc1ccc2nc(C3CCCNC3)sc2c1. The third-order valence-electron chi connectivity index (χ3n) is 3.26. The molecule has 2 nitrogen and oxygen atoms in total. The summed E-state index contributed by atoms with van der Waals surface area (Å²) in [6, 6.07) is 6.57. The fourth-order valence-corrected chi connectivity index (χ4v) is 3.94. The molecule has 4 heteroatoms. The number of hydrogen-bond acceptors (Lipinski definition) is 4. The van der Waals surface area contributed by atoms with Crippen molar-refractivity contribution in [3.63, 3.8) is 0 Å². The number of thiazole rings is 1. The van der Waals surface area contributed by atoms with Gasteiger partial charge in [-0.25, -0.2) is 4.98 Å². The second-order valence-electron chi connectivity index (χ2n) is 4.43. The number of hydrogen-bond donors (Lipinski definition) is 1. The predicted molar refractivity (Wildman–Crippen MR) is 76.2 cm³/mol. The quantitative estimate of drug-likeness (QED) is 0.841. The van der Waals surface area contributed by atoms with Gasteiger partial charge in [-0.1, -0.05) is 0 Å². The van der Waals surface area contributed by atoms with Gasteiger partial charge in [0.2, 0.25) is 0 Å². The first-order valence-electron chi connectivity index (χ1n) is 6.02. The van der Waals surface area contributed by atoms with Crippen molar-refractivity contribution in [3.05, 3.63) is 23.2 Å². The highest BCUT2D eigenvalue weighted by Crippen LogP contribution is 2.32. The summed E-state index contributed by atoms with van der Waals surface area (Å²) in [7, 11) is 0. The van der Waals surface area contributed by atoms with E-state index in [9.17, 15) is 0 Å². The number of piperidine rings is 1. The van der Waals surface area contributed by atoms with Gasteiger partial charge < -0.3 is 5.32 Å². The van der Waals surface area contributed by atoms with E-state index in [1.807, 2.05) is 11.3 Å². The van der Waals surface area contributed by atoms with Crippen LogP contribution in [0.4, 0.5) is 0 Å². The van der Waals surface area contributed by atoms with E-state index >= 15 is 0 Å². The molecule has 1 N–H and O–H groups in total. The molecule has 1 fully saturated rings. The summed E-state index contributed by atoms with van der Waals surface area (Å²) < 4.78 is 1.33. The molecule has 1 unspecified atom stereocenters. The summed E-state index contributed by atoms with van der Waals surface area (Å²) in [4.78, 5) is 6.11. The van der Waals surface area contributed by atoms with Gasteiger partial charge in [-0.05, 0) is 43.8 Å². The summed E-state index contributed by atoms with van der Waals surface area (Å²) >= 11 is 3.66. The van der Waals surface area contributed by atoms with Crippen molar-refractivity contribution >= 4 is 33.3 Å². The van der Waals surface area contributed by atoms with Gasteiger partial charge in [0.05, 0.1) is 15.2 Å². The fraction of sp³-hybridized carbons (Fsp3) is 0.462. The number of nitrogens with zero attached hydrogens (tertiary/aromatic N) is 1. The number of aromatic nitrogens is 1. The molecular formula is C13H16N2S2. The smallest absolute Gasteiger partial charge is 0.0982 e. The van der Waals surface area contributed by atoms with Gasteiger partial charge in [-0.3, -0.25) is 0 Å². The monoisotopic (exact) mass is 264 g/mol. The number of benzene rings is 1. The highest BCUT2D eigenvalue weighted by Gasteiger charge is 2.18. The van der Waals surface area contributed by atoms with Crippen molar-refractivity contribution in [1.82, 2.24) is 10.3 Å². The Hall–Kier alpha value is -0.580. The lowest BCUT2D eigenvalue weighted by molar-refractivity contribution is 0.461. The van der Waals surface area contributed by atoms with Gasteiger partial charge in [0.15, 0.2) is 0 Å². The highest BCUT2D eigenvalue weighted by atomic mass is 32.2. The van der Waals surface area contributed by atoms with Crippen LogP contribution in [-0.4, -0.2) is 24.3 Å². The highest BCUT2D eigenvalue weighted by molar-refractivity contribution is 7.98. The molecule has 1 aromatic carbocycles. The van der Waals surface area contributed by atoms with Crippen molar-refractivity contribution in [3.8, 4) is 0 Å². The van der Waals surface area contributed by atoms with Gasteiger partial charge in [0.25, 0.3) is 0 Å². The average molecular weight is 264 g/mol. The molecule has 1 aromatic heterocycles. The summed E-state index contributed by atoms with van der Waals surface area (Å²) in [6.45, 7) is 2.26. The molecule has 90 valence electrons. The zero-order valence-corrected chi connectivity index (χ0v) is 11.5. The molecule has 3 rings (SSSR count). The summed E-state index contributed by atoms with van der Waals surface area (Å²) in [6.07, 6.45) is 4.67. The van der Waals surface area contributed by atoms with Gasteiger partial charge in [0, 0.05) is 17.4 Å². The van der Waals surface area contributed by atoms with Crippen LogP contribution in [0.3, 0.4) is 0 Å². The number of thioether (sulfide) groups is 1. The first kappa shape index (κ1) is 11.5. The molecule has 1 atom stereocenters. The van der Waals surface area contributed by atoms with Crippen molar-refractivity contribution in [2.75, 3.05) is 19.3 Å².